The molecule has 0 bridgehead atoms. The highest BCUT2D eigenvalue weighted by Gasteiger charge is 2.22. The Morgan fingerprint density at radius 3 is 2.44 bits per heavy atom. The van der Waals surface area contributed by atoms with Crippen LogP contribution in [0.4, 0.5) is 8.78 Å². The molecule has 0 aliphatic heterocycles. The molecular formula is C6H10F2O. The number of aliphatic hydroxyl groups is 1. The van der Waals surface area contributed by atoms with E-state index in [0.717, 1.165) is 0 Å². The Morgan fingerprint density at radius 2 is 2.11 bits per heavy atom. The molecule has 0 aromatic rings. The summed E-state index contributed by atoms with van der Waals surface area (Å²) in [6, 6.07) is 0. The third-order valence-electron chi connectivity index (χ3n) is 0.808. The minimum absolute atomic E-state index is 0.565. The van der Waals surface area contributed by atoms with Crippen molar-refractivity contribution in [1.29, 1.82) is 0 Å². The maximum absolute atomic E-state index is 12.0. The van der Waals surface area contributed by atoms with Gasteiger partial charge in [-0.15, -0.1) is 0 Å². The number of hydrogen-bond donors (Lipinski definition) is 1. The van der Waals surface area contributed by atoms with Crippen LogP contribution in [0.2, 0.25) is 0 Å². The first-order valence-electron chi connectivity index (χ1n) is 2.79. The molecule has 1 nitrogen and oxygen atoms in total. The standard InChI is InChI=1S/C6H10F2O/c1-2-3-4-6(7,8)5-9/h3-4,9H,2,5H2,1H3/b4-3+. The van der Waals surface area contributed by atoms with Crippen molar-refractivity contribution in [1.82, 2.24) is 0 Å². The minimum Gasteiger partial charge on any atom is -0.390 e. The summed E-state index contributed by atoms with van der Waals surface area (Å²) in [4.78, 5) is 0. The fourth-order valence-electron chi connectivity index (χ4n) is 0.343. The van der Waals surface area contributed by atoms with Gasteiger partial charge in [0.2, 0.25) is 0 Å². The average molecular weight is 136 g/mol. The number of halogens is 2. The van der Waals surface area contributed by atoms with Gasteiger partial charge in [0.15, 0.2) is 0 Å². The molecule has 0 saturated heterocycles. The Labute approximate surface area is 53.0 Å². The van der Waals surface area contributed by atoms with Crippen molar-refractivity contribution in [2.45, 2.75) is 19.3 Å². The van der Waals surface area contributed by atoms with Crippen LogP contribution in [0.25, 0.3) is 0 Å². The Bertz CT molecular complexity index is 99.2. The number of alkyl halides is 2. The third kappa shape index (κ3) is 4.09. The Hall–Kier alpha value is -0.440. The molecule has 0 atom stereocenters. The maximum atomic E-state index is 12.0. The Morgan fingerprint density at radius 1 is 1.56 bits per heavy atom. The molecule has 3 heteroatoms. The quantitative estimate of drug-likeness (QED) is 0.584. The number of hydrogen-bond acceptors (Lipinski definition) is 1. The molecule has 0 heterocycles. The van der Waals surface area contributed by atoms with E-state index >= 15 is 0 Å². The maximum Gasteiger partial charge on any atom is 0.289 e. The number of allylic oxidation sites excluding steroid dienone is 1. The van der Waals surface area contributed by atoms with Gasteiger partial charge in [0.1, 0.15) is 6.61 Å². The average Bonchev–Trinajstić information content (AvgIpc) is 1.84. The SMILES string of the molecule is CC/C=C/C(F)(F)CO. The lowest BCUT2D eigenvalue weighted by molar-refractivity contribution is -0.00502. The van der Waals surface area contributed by atoms with Crippen molar-refractivity contribution in [3.05, 3.63) is 12.2 Å². The van der Waals surface area contributed by atoms with E-state index in [1.54, 1.807) is 6.92 Å². The highest BCUT2D eigenvalue weighted by Crippen LogP contribution is 2.13. The fraction of sp³-hybridized carbons (Fsp3) is 0.667. The van der Waals surface area contributed by atoms with Gasteiger partial charge in [0.05, 0.1) is 0 Å². The number of rotatable bonds is 3. The van der Waals surface area contributed by atoms with Crippen LogP contribution in [0.1, 0.15) is 13.3 Å². The zero-order valence-corrected chi connectivity index (χ0v) is 5.27. The second-order valence-corrected chi connectivity index (χ2v) is 1.73. The van der Waals surface area contributed by atoms with Crippen molar-refractivity contribution >= 4 is 0 Å². The number of aliphatic hydroxyl groups excluding tert-OH is 1. The molecule has 0 saturated carbocycles. The molecule has 0 aliphatic carbocycles. The van der Waals surface area contributed by atoms with Gasteiger partial charge in [-0.25, -0.2) is 0 Å². The molecule has 0 rings (SSSR count). The molecule has 54 valence electrons. The van der Waals surface area contributed by atoms with Crippen LogP contribution in [-0.4, -0.2) is 17.6 Å². The first-order chi connectivity index (χ1) is 4.12. The molecule has 0 aromatic carbocycles. The topological polar surface area (TPSA) is 20.2 Å². The summed E-state index contributed by atoms with van der Waals surface area (Å²) >= 11 is 0. The predicted molar refractivity (Wildman–Crippen MR) is 31.5 cm³/mol. The van der Waals surface area contributed by atoms with E-state index in [1.165, 1.54) is 6.08 Å². The monoisotopic (exact) mass is 136 g/mol. The van der Waals surface area contributed by atoms with Crippen LogP contribution >= 0.6 is 0 Å². The van der Waals surface area contributed by atoms with E-state index in [-0.39, 0.29) is 0 Å². The summed E-state index contributed by atoms with van der Waals surface area (Å²) in [6.07, 6.45) is 2.61. The second kappa shape index (κ2) is 3.56. The minimum atomic E-state index is -3.03. The molecule has 0 aromatic heterocycles. The van der Waals surface area contributed by atoms with Crippen LogP contribution in [0.5, 0.6) is 0 Å². The van der Waals surface area contributed by atoms with Crippen LogP contribution in [0.15, 0.2) is 12.2 Å². The zero-order chi connectivity index (χ0) is 7.33. The summed E-state index contributed by atoms with van der Waals surface area (Å²) in [7, 11) is 0. The molecular weight excluding hydrogens is 126 g/mol. The van der Waals surface area contributed by atoms with Crippen molar-refractivity contribution in [2.75, 3.05) is 6.61 Å². The third-order valence-corrected chi connectivity index (χ3v) is 0.808. The summed E-state index contributed by atoms with van der Waals surface area (Å²) in [5.74, 6) is -3.03. The molecule has 0 amide bonds. The fourth-order valence-corrected chi connectivity index (χ4v) is 0.343. The lowest BCUT2D eigenvalue weighted by Gasteiger charge is -2.05. The lowest BCUT2D eigenvalue weighted by atomic mass is 10.3. The normalized spacial score (nSPS) is 12.9. The largest absolute Gasteiger partial charge is 0.390 e. The molecule has 0 fully saturated rings. The van der Waals surface area contributed by atoms with E-state index in [2.05, 4.69) is 0 Å². The van der Waals surface area contributed by atoms with Gasteiger partial charge in [-0.05, 0) is 12.5 Å². The van der Waals surface area contributed by atoms with E-state index in [4.69, 9.17) is 5.11 Å². The Balaban J connectivity index is 3.70. The highest BCUT2D eigenvalue weighted by atomic mass is 19.3. The first kappa shape index (κ1) is 8.56. The molecule has 1 N–H and O–H groups in total. The lowest BCUT2D eigenvalue weighted by Crippen LogP contribution is -2.17. The summed E-state index contributed by atoms with van der Waals surface area (Å²) < 4.78 is 24.0. The summed E-state index contributed by atoms with van der Waals surface area (Å²) in [6.45, 7) is 0.646. The van der Waals surface area contributed by atoms with Crippen molar-refractivity contribution in [2.24, 2.45) is 0 Å². The smallest absolute Gasteiger partial charge is 0.289 e. The van der Waals surface area contributed by atoms with Gasteiger partial charge in [0, 0.05) is 0 Å². The van der Waals surface area contributed by atoms with E-state index in [9.17, 15) is 8.78 Å². The summed E-state index contributed by atoms with van der Waals surface area (Å²) in [5.41, 5.74) is 0. The first-order valence-corrected chi connectivity index (χ1v) is 2.79. The van der Waals surface area contributed by atoms with Crippen molar-refractivity contribution in [3.63, 3.8) is 0 Å². The molecule has 0 unspecified atom stereocenters. The van der Waals surface area contributed by atoms with Gasteiger partial charge in [-0.1, -0.05) is 13.0 Å². The van der Waals surface area contributed by atoms with Crippen LogP contribution in [0, 0.1) is 0 Å². The van der Waals surface area contributed by atoms with E-state index in [1.807, 2.05) is 0 Å². The molecule has 9 heavy (non-hydrogen) atoms. The molecule has 0 spiro atoms. The summed E-state index contributed by atoms with van der Waals surface area (Å²) in [5, 5.41) is 8.02. The van der Waals surface area contributed by atoms with Gasteiger partial charge in [-0.2, -0.15) is 8.78 Å². The van der Waals surface area contributed by atoms with E-state index < -0.39 is 12.5 Å². The highest BCUT2D eigenvalue weighted by molar-refractivity contribution is 4.93. The zero-order valence-electron chi connectivity index (χ0n) is 5.27. The van der Waals surface area contributed by atoms with Crippen LogP contribution in [0.3, 0.4) is 0 Å². The van der Waals surface area contributed by atoms with Gasteiger partial charge >= 0.3 is 0 Å². The van der Waals surface area contributed by atoms with Crippen molar-refractivity contribution < 1.29 is 13.9 Å². The van der Waals surface area contributed by atoms with Gasteiger partial charge in [0.25, 0.3) is 5.92 Å². The Kier molecular flexibility index (Phi) is 3.39. The second-order valence-electron chi connectivity index (χ2n) is 1.73. The van der Waals surface area contributed by atoms with Gasteiger partial charge in [-0.3, -0.25) is 0 Å². The van der Waals surface area contributed by atoms with Crippen LogP contribution in [-0.2, 0) is 0 Å². The molecule has 0 aliphatic rings. The molecule has 0 radical (unpaired) electrons. The van der Waals surface area contributed by atoms with Gasteiger partial charge < -0.3 is 5.11 Å². The predicted octanol–water partition coefficient (Wildman–Crippen LogP) is 1.58. The van der Waals surface area contributed by atoms with E-state index in [0.29, 0.717) is 12.5 Å². The van der Waals surface area contributed by atoms with Crippen LogP contribution < -0.4 is 0 Å². The van der Waals surface area contributed by atoms with Crippen molar-refractivity contribution in [3.8, 4) is 0 Å².